The smallest absolute Gasteiger partial charge is 0.306 e. The fourth-order valence-electron chi connectivity index (χ4n) is 3.93. The molecule has 1 spiro atoms. The minimum absolute atomic E-state index is 0.398. The van der Waals surface area contributed by atoms with Crippen molar-refractivity contribution in [2.24, 2.45) is 5.41 Å². The molecule has 2 nitrogen and oxygen atoms in total. The zero-order chi connectivity index (χ0) is 15.8. The Morgan fingerprint density at radius 1 is 1.05 bits per heavy atom. The summed E-state index contributed by atoms with van der Waals surface area (Å²) >= 11 is 0. The molecule has 0 radical (unpaired) electrons. The van der Waals surface area contributed by atoms with Crippen molar-refractivity contribution in [2.45, 2.75) is 32.0 Å². The predicted octanol–water partition coefficient (Wildman–Crippen LogP) is 3.62. The van der Waals surface area contributed by atoms with Gasteiger partial charge >= 0.3 is 6.18 Å². The van der Waals surface area contributed by atoms with Crippen LogP contribution in [0.5, 0.6) is 0 Å². The monoisotopic (exact) mass is 312 g/mol. The molecule has 1 aromatic rings. The predicted molar refractivity (Wildman–Crippen MR) is 80.5 cm³/mol. The van der Waals surface area contributed by atoms with Gasteiger partial charge in [-0.1, -0.05) is 18.2 Å². The summed E-state index contributed by atoms with van der Waals surface area (Å²) in [7, 11) is 2.15. The van der Waals surface area contributed by atoms with E-state index in [4.69, 9.17) is 0 Å². The Balaban J connectivity index is 1.64. The van der Waals surface area contributed by atoms with Crippen LogP contribution >= 0.6 is 0 Å². The molecule has 3 rings (SSSR count). The Kier molecular flexibility index (Phi) is 4.21. The van der Waals surface area contributed by atoms with Crippen molar-refractivity contribution in [1.82, 2.24) is 9.80 Å². The van der Waals surface area contributed by atoms with Gasteiger partial charge in [-0.2, -0.15) is 13.2 Å². The summed E-state index contributed by atoms with van der Waals surface area (Å²) in [5.41, 5.74) is 0.319. The summed E-state index contributed by atoms with van der Waals surface area (Å²) in [6, 6.07) is 5.96. The molecular formula is C17H23F3N2. The van der Waals surface area contributed by atoms with Gasteiger partial charge in [-0.15, -0.1) is 0 Å². The summed E-state index contributed by atoms with van der Waals surface area (Å²) in [6.07, 6.45) is -0.824. The summed E-state index contributed by atoms with van der Waals surface area (Å²) in [6.45, 7) is 4.50. The van der Waals surface area contributed by atoms with Gasteiger partial charge in [0, 0.05) is 13.1 Å². The highest BCUT2D eigenvalue weighted by atomic mass is 19.4. The molecule has 5 heteroatoms. The molecule has 2 aliphatic rings. The summed E-state index contributed by atoms with van der Waals surface area (Å²) in [5.74, 6) is 0. The van der Waals surface area contributed by atoms with Crippen molar-refractivity contribution in [3.05, 3.63) is 35.4 Å². The maximum Gasteiger partial charge on any atom is 0.416 e. The molecule has 0 N–H and O–H groups in total. The SMILES string of the molecule is CN1CCC2(CCN(Cc3ccccc3C(F)(F)F)CC2)C1. The molecule has 0 saturated carbocycles. The molecule has 2 heterocycles. The zero-order valence-electron chi connectivity index (χ0n) is 13.0. The molecule has 0 bridgehead atoms. The lowest BCUT2D eigenvalue weighted by Crippen LogP contribution is -2.41. The zero-order valence-corrected chi connectivity index (χ0v) is 13.0. The van der Waals surface area contributed by atoms with Crippen LogP contribution in [0, 0.1) is 5.41 Å². The molecule has 0 aliphatic carbocycles. The average Bonchev–Trinajstić information content (AvgIpc) is 2.82. The molecular weight excluding hydrogens is 289 g/mol. The first kappa shape index (κ1) is 15.8. The van der Waals surface area contributed by atoms with Gasteiger partial charge in [0.2, 0.25) is 0 Å². The van der Waals surface area contributed by atoms with Gasteiger partial charge < -0.3 is 4.90 Å². The van der Waals surface area contributed by atoms with Crippen LogP contribution in [0.3, 0.4) is 0 Å². The van der Waals surface area contributed by atoms with Gasteiger partial charge in [0.25, 0.3) is 0 Å². The fraction of sp³-hybridized carbons (Fsp3) is 0.647. The summed E-state index contributed by atoms with van der Waals surface area (Å²) < 4.78 is 39.2. The van der Waals surface area contributed by atoms with E-state index < -0.39 is 11.7 Å². The highest BCUT2D eigenvalue weighted by Crippen LogP contribution is 2.40. The third-order valence-corrected chi connectivity index (χ3v) is 5.26. The topological polar surface area (TPSA) is 6.48 Å². The first-order chi connectivity index (χ1) is 10.4. The molecule has 0 unspecified atom stereocenters. The molecule has 0 atom stereocenters. The summed E-state index contributed by atoms with van der Waals surface area (Å²) in [4.78, 5) is 4.54. The minimum Gasteiger partial charge on any atom is -0.306 e. The Labute approximate surface area is 129 Å². The second-order valence-electron chi connectivity index (χ2n) is 6.92. The number of nitrogens with zero attached hydrogens (tertiary/aromatic N) is 2. The molecule has 2 aliphatic heterocycles. The van der Waals surface area contributed by atoms with Crippen LogP contribution in [0.2, 0.25) is 0 Å². The highest BCUT2D eigenvalue weighted by molar-refractivity contribution is 5.29. The maximum absolute atomic E-state index is 13.1. The van der Waals surface area contributed by atoms with Crippen LogP contribution < -0.4 is 0 Å². The first-order valence-electron chi connectivity index (χ1n) is 7.94. The number of rotatable bonds is 2. The highest BCUT2D eigenvalue weighted by Gasteiger charge is 2.39. The van der Waals surface area contributed by atoms with E-state index in [0.717, 1.165) is 39.0 Å². The fourth-order valence-corrected chi connectivity index (χ4v) is 3.93. The van der Waals surface area contributed by atoms with Crippen molar-refractivity contribution >= 4 is 0 Å². The second kappa shape index (κ2) is 5.85. The maximum atomic E-state index is 13.1. The van der Waals surface area contributed by atoms with Crippen molar-refractivity contribution in [1.29, 1.82) is 0 Å². The van der Waals surface area contributed by atoms with Gasteiger partial charge in [0.15, 0.2) is 0 Å². The number of benzene rings is 1. The molecule has 0 amide bonds. The number of halogens is 3. The number of hydrogen-bond acceptors (Lipinski definition) is 2. The number of likely N-dealkylation sites (tertiary alicyclic amines) is 2. The van der Waals surface area contributed by atoms with Crippen LogP contribution in [-0.2, 0) is 12.7 Å². The summed E-state index contributed by atoms with van der Waals surface area (Å²) in [5, 5.41) is 0. The lowest BCUT2D eigenvalue weighted by atomic mass is 9.77. The number of piperidine rings is 1. The van der Waals surface area contributed by atoms with Gasteiger partial charge in [-0.25, -0.2) is 0 Å². The van der Waals surface area contributed by atoms with E-state index in [9.17, 15) is 13.2 Å². The number of hydrogen-bond donors (Lipinski definition) is 0. The minimum atomic E-state index is -4.26. The third kappa shape index (κ3) is 3.30. The molecule has 0 aromatic heterocycles. The van der Waals surface area contributed by atoms with Gasteiger partial charge in [0.05, 0.1) is 5.56 Å². The largest absolute Gasteiger partial charge is 0.416 e. The molecule has 22 heavy (non-hydrogen) atoms. The van der Waals surface area contributed by atoms with Gasteiger partial charge in [0.1, 0.15) is 0 Å². The van der Waals surface area contributed by atoms with Crippen molar-refractivity contribution in [2.75, 3.05) is 33.2 Å². The first-order valence-corrected chi connectivity index (χ1v) is 7.94. The van der Waals surface area contributed by atoms with E-state index in [1.807, 2.05) is 0 Å². The van der Waals surface area contributed by atoms with E-state index in [0.29, 0.717) is 17.5 Å². The van der Waals surface area contributed by atoms with Crippen LogP contribution in [0.15, 0.2) is 24.3 Å². The molecule has 2 fully saturated rings. The lowest BCUT2D eigenvalue weighted by molar-refractivity contribution is -0.138. The van der Waals surface area contributed by atoms with Crippen molar-refractivity contribution < 1.29 is 13.2 Å². The standard InChI is InChI=1S/C17H23F3N2/c1-21-9-6-16(13-21)7-10-22(11-8-16)12-14-4-2-3-5-15(14)17(18,19)20/h2-5H,6-13H2,1H3. The van der Waals surface area contributed by atoms with E-state index >= 15 is 0 Å². The van der Waals surface area contributed by atoms with Crippen LogP contribution in [0.4, 0.5) is 13.2 Å². The Morgan fingerprint density at radius 3 is 2.27 bits per heavy atom. The lowest BCUT2D eigenvalue weighted by Gasteiger charge is -2.39. The Morgan fingerprint density at radius 2 is 1.68 bits per heavy atom. The quantitative estimate of drug-likeness (QED) is 0.823. The molecule has 2 saturated heterocycles. The van der Waals surface area contributed by atoms with Crippen molar-refractivity contribution in [3.8, 4) is 0 Å². The van der Waals surface area contributed by atoms with Crippen molar-refractivity contribution in [3.63, 3.8) is 0 Å². The average molecular weight is 312 g/mol. The van der Waals surface area contributed by atoms with E-state index in [1.54, 1.807) is 12.1 Å². The van der Waals surface area contributed by atoms with Gasteiger partial charge in [-0.3, -0.25) is 4.90 Å². The Hall–Kier alpha value is -1.07. The van der Waals surface area contributed by atoms with Crippen LogP contribution in [0.1, 0.15) is 30.4 Å². The normalized spacial score (nSPS) is 23.3. The van der Waals surface area contributed by atoms with Gasteiger partial charge in [-0.05, 0) is 63.0 Å². The van der Waals surface area contributed by atoms with E-state index in [2.05, 4.69) is 16.8 Å². The van der Waals surface area contributed by atoms with Crippen LogP contribution in [-0.4, -0.2) is 43.0 Å². The third-order valence-electron chi connectivity index (χ3n) is 5.26. The second-order valence-corrected chi connectivity index (χ2v) is 6.92. The van der Waals surface area contributed by atoms with E-state index in [-0.39, 0.29) is 0 Å². The number of alkyl halides is 3. The molecule has 122 valence electrons. The van der Waals surface area contributed by atoms with Crippen LogP contribution in [0.25, 0.3) is 0 Å². The molecule has 1 aromatic carbocycles. The Bertz CT molecular complexity index is 519. The van der Waals surface area contributed by atoms with E-state index in [1.165, 1.54) is 18.6 Å².